The van der Waals surface area contributed by atoms with Crippen LogP contribution in [0.1, 0.15) is 117 Å². The summed E-state index contributed by atoms with van der Waals surface area (Å²) in [7, 11) is 0. The maximum Gasteiger partial charge on any atom is 0.222 e. The molecule has 1 saturated heterocycles. The fourth-order valence-corrected chi connectivity index (χ4v) is 4.86. The fourth-order valence-electron chi connectivity index (χ4n) is 4.86. The Hall–Kier alpha value is -0.830. The number of piperazine rings is 1. The van der Waals surface area contributed by atoms with Gasteiger partial charge >= 0.3 is 0 Å². The lowest BCUT2D eigenvalue weighted by molar-refractivity contribution is -0.930. The van der Waals surface area contributed by atoms with E-state index in [0.29, 0.717) is 5.91 Å². The van der Waals surface area contributed by atoms with E-state index < -0.39 is 0 Å². The van der Waals surface area contributed by atoms with Crippen molar-refractivity contribution in [3.63, 3.8) is 0 Å². The lowest BCUT2D eigenvalue weighted by Crippen LogP contribution is -2.60. The summed E-state index contributed by atoms with van der Waals surface area (Å²) < 4.78 is 1.19. The van der Waals surface area contributed by atoms with Crippen LogP contribution in [0.15, 0.2) is 12.7 Å². The molecule has 30 heavy (non-hydrogen) atoms. The maximum absolute atomic E-state index is 12.6. The molecule has 1 amide bonds. The summed E-state index contributed by atoms with van der Waals surface area (Å²) in [6.07, 6.45) is 22.8. The molecular weight excluding hydrogens is 368 g/mol. The summed E-state index contributed by atoms with van der Waals surface area (Å²) in [5, 5.41) is 0. The summed E-state index contributed by atoms with van der Waals surface area (Å²) >= 11 is 0. The molecule has 0 aromatic carbocycles. The van der Waals surface area contributed by atoms with E-state index in [0.717, 1.165) is 45.4 Å². The molecule has 176 valence electrons. The van der Waals surface area contributed by atoms with Crippen LogP contribution in [0.4, 0.5) is 0 Å². The van der Waals surface area contributed by atoms with Gasteiger partial charge in [-0.15, -0.1) is 6.58 Å². The van der Waals surface area contributed by atoms with Crippen molar-refractivity contribution in [1.29, 1.82) is 0 Å². The van der Waals surface area contributed by atoms with Gasteiger partial charge in [-0.1, -0.05) is 90.0 Å². The first-order valence-corrected chi connectivity index (χ1v) is 13.4. The predicted octanol–water partition coefficient (Wildman–Crippen LogP) is 7.11. The average Bonchev–Trinajstić information content (AvgIpc) is 2.77. The number of quaternary nitrogens is 1. The van der Waals surface area contributed by atoms with Gasteiger partial charge in [0.1, 0.15) is 0 Å². The Balaban J connectivity index is 1.98. The number of carbonyl (C=O) groups is 1. The van der Waals surface area contributed by atoms with E-state index in [4.69, 9.17) is 0 Å². The molecule has 1 aliphatic rings. The Labute approximate surface area is 188 Å². The third-order valence-electron chi connectivity index (χ3n) is 7.25. The number of hydrogen-bond acceptors (Lipinski definition) is 1. The lowest BCUT2D eigenvalue weighted by atomic mass is 10.0. The number of likely N-dealkylation sites (N-methyl/N-ethyl adjacent to an activating group) is 1. The van der Waals surface area contributed by atoms with Gasteiger partial charge in [0.05, 0.1) is 39.3 Å². The van der Waals surface area contributed by atoms with Gasteiger partial charge in [-0.2, -0.15) is 0 Å². The van der Waals surface area contributed by atoms with Crippen molar-refractivity contribution >= 4 is 5.91 Å². The number of hydrogen-bond donors (Lipinski definition) is 0. The van der Waals surface area contributed by atoms with Crippen molar-refractivity contribution in [2.24, 2.45) is 0 Å². The van der Waals surface area contributed by atoms with Crippen molar-refractivity contribution in [3.05, 3.63) is 12.7 Å². The van der Waals surface area contributed by atoms with E-state index in [-0.39, 0.29) is 0 Å². The number of rotatable bonds is 19. The van der Waals surface area contributed by atoms with Crippen LogP contribution in [-0.4, -0.2) is 54.6 Å². The first-order chi connectivity index (χ1) is 14.7. The Morgan fingerprint density at radius 2 is 1.30 bits per heavy atom. The highest BCUT2D eigenvalue weighted by molar-refractivity contribution is 5.76. The van der Waals surface area contributed by atoms with Crippen LogP contribution in [0, 0.1) is 0 Å². The lowest BCUT2D eigenvalue weighted by Gasteiger charge is -2.44. The van der Waals surface area contributed by atoms with Crippen LogP contribution in [-0.2, 0) is 4.79 Å². The van der Waals surface area contributed by atoms with Gasteiger partial charge in [0.25, 0.3) is 0 Å². The van der Waals surface area contributed by atoms with Crippen LogP contribution in [0.3, 0.4) is 0 Å². The van der Waals surface area contributed by atoms with Gasteiger partial charge in [0.15, 0.2) is 0 Å². The maximum atomic E-state index is 12.6. The minimum atomic E-state index is 0.401. The van der Waals surface area contributed by atoms with Crippen molar-refractivity contribution in [1.82, 2.24) is 4.90 Å². The standard InChI is InChI=1S/C27H53N2O/c1-4-7-9-10-11-12-13-14-15-16-17-18-19-21-27(30)28-22-25-29(6-3,26-23-28)24-20-8-5-2/h5H,2,4,6-26H2,1,3H3/q+1. The van der Waals surface area contributed by atoms with Crippen molar-refractivity contribution in [2.45, 2.75) is 117 Å². The van der Waals surface area contributed by atoms with E-state index in [1.807, 2.05) is 6.08 Å². The molecule has 0 spiro atoms. The SMILES string of the molecule is C=CCCC[N+]1(CC)CCN(C(=O)CCCCCCCCCCCCCCC)CC1. The first-order valence-electron chi connectivity index (χ1n) is 13.4. The largest absolute Gasteiger partial charge is 0.331 e. The van der Waals surface area contributed by atoms with Gasteiger partial charge in [-0.25, -0.2) is 0 Å². The molecule has 1 rings (SSSR count). The van der Waals surface area contributed by atoms with Crippen molar-refractivity contribution < 1.29 is 9.28 Å². The average molecular weight is 422 g/mol. The fraction of sp³-hybridized carbons (Fsp3) is 0.889. The van der Waals surface area contributed by atoms with Crippen molar-refractivity contribution in [3.8, 4) is 0 Å². The van der Waals surface area contributed by atoms with E-state index in [1.54, 1.807) is 0 Å². The Morgan fingerprint density at radius 1 is 0.800 bits per heavy atom. The quantitative estimate of drug-likeness (QED) is 0.124. The molecule has 0 aromatic rings. The Kier molecular flexibility index (Phi) is 16.2. The zero-order chi connectivity index (χ0) is 21.9. The molecule has 3 nitrogen and oxygen atoms in total. The van der Waals surface area contributed by atoms with Gasteiger partial charge in [-0.05, 0) is 19.8 Å². The number of nitrogens with zero attached hydrogens (tertiary/aromatic N) is 2. The van der Waals surface area contributed by atoms with Crippen LogP contribution >= 0.6 is 0 Å². The molecule has 3 heteroatoms. The minimum absolute atomic E-state index is 0.401. The molecule has 0 aromatic heterocycles. The van der Waals surface area contributed by atoms with E-state index in [1.165, 1.54) is 101 Å². The number of unbranched alkanes of at least 4 members (excludes halogenated alkanes) is 13. The first kappa shape index (κ1) is 27.2. The van der Waals surface area contributed by atoms with Crippen LogP contribution < -0.4 is 0 Å². The highest BCUT2D eigenvalue weighted by Gasteiger charge is 2.32. The van der Waals surface area contributed by atoms with Gasteiger partial charge in [0.2, 0.25) is 5.91 Å². The Bertz CT molecular complexity index is 427. The molecule has 0 atom stereocenters. The summed E-state index contributed by atoms with van der Waals surface area (Å²) in [6.45, 7) is 15.1. The highest BCUT2D eigenvalue weighted by atomic mass is 16.2. The van der Waals surface area contributed by atoms with E-state index >= 15 is 0 Å². The summed E-state index contributed by atoms with van der Waals surface area (Å²) in [5.74, 6) is 0.401. The summed E-state index contributed by atoms with van der Waals surface area (Å²) in [6, 6.07) is 0. The van der Waals surface area contributed by atoms with Crippen LogP contribution in [0.5, 0.6) is 0 Å². The molecule has 1 heterocycles. The summed E-state index contributed by atoms with van der Waals surface area (Å²) in [5.41, 5.74) is 0. The van der Waals surface area contributed by atoms with E-state index in [2.05, 4.69) is 25.3 Å². The third-order valence-corrected chi connectivity index (χ3v) is 7.25. The monoisotopic (exact) mass is 421 g/mol. The second kappa shape index (κ2) is 17.8. The molecule has 0 N–H and O–H groups in total. The molecule has 0 unspecified atom stereocenters. The smallest absolute Gasteiger partial charge is 0.222 e. The van der Waals surface area contributed by atoms with Gasteiger partial charge in [-0.3, -0.25) is 4.79 Å². The topological polar surface area (TPSA) is 20.3 Å². The second-order valence-electron chi connectivity index (χ2n) is 9.63. The Morgan fingerprint density at radius 3 is 1.77 bits per heavy atom. The highest BCUT2D eigenvalue weighted by Crippen LogP contribution is 2.17. The second-order valence-corrected chi connectivity index (χ2v) is 9.63. The van der Waals surface area contributed by atoms with Crippen LogP contribution in [0.25, 0.3) is 0 Å². The molecule has 0 saturated carbocycles. The van der Waals surface area contributed by atoms with E-state index in [9.17, 15) is 4.79 Å². The van der Waals surface area contributed by atoms with Crippen LogP contribution in [0.2, 0.25) is 0 Å². The minimum Gasteiger partial charge on any atom is -0.331 e. The molecule has 1 aliphatic heterocycles. The summed E-state index contributed by atoms with van der Waals surface area (Å²) in [4.78, 5) is 14.7. The zero-order valence-corrected chi connectivity index (χ0v) is 20.6. The molecular formula is C27H53N2O+. The number of allylic oxidation sites excluding steroid dienone is 1. The normalized spacial score (nSPS) is 16.0. The molecule has 0 radical (unpaired) electrons. The number of amides is 1. The molecule has 1 fully saturated rings. The zero-order valence-electron chi connectivity index (χ0n) is 20.6. The third kappa shape index (κ3) is 12.1. The van der Waals surface area contributed by atoms with Gasteiger partial charge < -0.3 is 9.38 Å². The number of carbonyl (C=O) groups excluding carboxylic acids is 1. The molecule has 0 bridgehead atoms. The predicted molar refractivity (Wildman–Crippen MR) is 132 cm³/mol. The van der Waals surface area contributed by atoms with Crippen molar-refractivity contribution in [2.75, 3.05) is 39.3 Å². The van der Waals surface area contributed by atoms with Gasteiger partial charge in [0, 0.05) is 12.8 Å². The molecule has 0 aliphatic carbocycles.